The summed E-state index contributed by atoms with van der Waals surface area (Å²) in [6.45, 7) is 2.27. The molecule has 0 spiro atoms. The summed E-state index contributed by atoms with van der Waals surface area (Å²) < 4.78 is 11.4. The third-order valence-electron chi connectivity index (χ3n) is 3.74. The fourth-order valence-electron chi connectivity index (χ4n) is 2.37. The van der Waals surface area contributed by atoms with Crippen molar-refractivity contribution in [3.8, 4) is 17.1 Å². The Hall–Kier alpha value is -2.78. The summed E-state index contributed by atoms with van der Waals surface area (Å²) >= 11 is 3.38. The molecule has 1 atom stereocenters. The maximum Gasteiger partial charge on any atom is 0.338 e. The second kappa shape index (κ2) is 9.43. The lowest BCUT2D eigenvalue weighted by atomic mass is 10.2. The molecular formula is C19H19BrN4O4. The van der Waals surface area contributed by atoms with Gasteiger partial charge in [-0.05, 0) is 60.7 Å². The lowest BCUT2D eigenvalue weighted by Crippen LogP contribution is -2.25. The van der Waals surface area contributed by atoms with E-state index in [1.54, 1.807) is 31.2 Å². The van der Waals surface area contributed by atoms with Gasteiger partial charge in [-0.25, -0.2) is 4.79 Å². The van der Waals surface area contributed by atoms with Crippen LogP contribution in [-0.4, -0.2) is 50.6 Å². The summed E-state index contributed by atoms with van der Waals surface area (Å²) in [6.07, 6.45) is -0.822. The maximum absolute atomic E-state index is 11.6. The molecule has 1 unspecified atom stereocenters. The largest absolute Gasteiger partial charge is 0.491 e. The molecule has 1 N–H and O–H groups in total. The van der Waals surface area contributed by atoms with Gasteiger partial charge in [-0.1, -0.05) is 15.9 Å². The van der Waals surface area contributed by atoms with Crippen molar-refractivity contribution in [1.82, 2.24) is 20.2 Å². The molecular weight excluding hydrogens is 428 g/mol. The SMILES string of the molecule is CCOC(=O)c1ccc(OCC(O)Cn2nnc(-c3ccc(Br)cc3)n2)cc1. The smallest absolute Gasteiger partial charge is 0.338 e. The van der Waals surface area contributed by atoms with E-state index in [0.29, 0.717) is 23.7 Å². The summed E-state index contributed by atoms with van der Waals surface area (Å²) in [5.74, 6) is 0.636. The van der Waals surface area contributed by atoms with E-state index in [-0.39, 0.29) is 19.1 Å². The second-order valence-electron chi connectivity index (χ2n) is 5.88. The summed E-state index contributed by atoms with van der Waals surface area (Å²) in [5.41, 5.74) is 1.28. The van der Waals surface area contributed by atoms with E-state index in [9.17, 15) is 9.90 Å². The molecule has 0 fully saturated rings. The highest BCUT2D eigenvalue weighted by molar-refractivity contribution is 9.10. The van der Waals surface area contributed by atoms with E-state index in [0.717, 1.165) is 10.0 Å². The van der Waals surface area contributed by atoms with Crippen LogP contribution in [-0.2, 0) is 11.3 Å². The number of aromatic nitrogens is 4. The summed E-state index contributed by atoms with van der Waals surface area (Å²) in [4.78, 5) is 12.9. The van der Waals surface area contributed by atoms with Gasteiger partial charge >= 0.3 is 5.97 Å². The van der Waals surface area contributed by atoms with Crippen molar-refractivity contribution in [1.29, 1.82) is 0 Å². The van der Waals surface area contributed by atoms with Crippen molar-refractivity contribution in [3.63, 3.8) is 0 Å². The zero-order valence-corrected chi connectivity index (χ0v) is 16.7. The zero-order chi connectivity index (χ0) is 19.9. The molecule has 1 aromatic heterocycles. The molecule has 0 amide bonds. The van der Waals surface area contributed by atoms with Gasteiger partial charge < -0.3 is 14.6 Å². The molecule has 0 saturated heterocycles. The molecule has 0 aliphatic rings. The average molecular weight is 447 g/mol. The third-order valence-corrected chi connectivity index (χ3v) is 4.27. The molecule has 2 aromatic carbocycles. The summed E-state index contributed by atoms with van der Waals surface area (Å²) in [7, 11) is 0. The number of rotatable bonds is 8. The number of hydrogen-bond acceptors (Lipinski definition) is 7. The van der Waals surface area contributed by atoms with E-state index < -0.39 is 6.10 Å². The van der Waals surface area contributed by atoms with Gasteiger partial charge in [0.15, 0.2) is 0 Å². The lowest BCUT2D eigenvalue weighted by molar-refractivity contribution is 0.0526. The second-order valence-corrected chi connectivity index (χ2v) is 6.80. The zero-order valence-electron chi connectivity index (χ0n) is 15.2. The lowest BCUT2D eigenvalue weighted by Gasteiger charge is -2.11. The Morgan fingerprint density at radius 2 is 1.89 bits per heavy atom. The number of carbonyl (C=O) groups is 1. The predicted molar refractivity (Wildman–Crippen MR) is 105 cm³/mol. The number of nitrogens with zero attached hydrogens (tertiary/aromatic N) is 4. The number of hydrogen-bond donors (Lipinski definition) is 1. The van der Waals surface area contributed by atoms with Crippen LogP contribution in [0, 0.1) is 0 Å². The Balaban J connectivity index is 1.51. The number of halogens is 1. The van der Waals surface area contributed by atoms with E-state index in [2.05, 4.69) is 31.3 Å². The molecule has 1 heterocycles. The fourth-order valence-corrected chi connectivity index (χ4v) is 2.63. The molecule has 146 valence electrons. The molecule has 28 heavy (non-hydrogen) atoms. The minimum absolute atomic E-state index is 0.0495. The molecule has 9 heteroatoms. The highest BCUT2D eigenvalue weighted by Gasteiger charge is 2.12. The van der Waals surface area contributed by atoms with Gasteiger partial charge in [0, 0.05) is 10.0 Å². The highest BCUT2D eigenvalue weighted by atomic mass is 79.9. The highest BCUT2D eigenvalue weighted by Crippen LogP contribution is 2.17. The minimum atomic E-state index is -0.822. The van der Waals surface area contributed by atoms with Crippen molar-refractivity contribution in [2.24, 2.45) is 0 Å². The van der Waals surface area contributed by atoms with E-state index in [1.807, 2.05) is 24.3 Å². The first-order valence-electron chi connectivity index (χ1n) is 8.67. The number of benzene rings is 2. The Labute approximate surface area is 170 Å². The number of esters is 1. The van der Waals surface area contributed by atoms with Crippen LogP contribution in [0.25, 0.3) is 11.4 Å². The molecule has 3 aromatic rings. The number of aliphatic hydroxyl groups is 1. The Morgan fingerprint density at radius 3 is 2.57 bits per heavy atom. The number of carbonyl (C=O) groups excluding carboxylic acids is 1. The summed E-state index contributed by atoms with van der Waals surface area (Å²) in [6, 6.07) is 14.1. The first-order chi connectivity index (χ1) is 13.5. The molecule has 0 aliphatic carbocycles. The molecule has 0 radical (unpaired) electrons. The number of ether oxygens (including phenoxy) is 2. The normalized spacial score (nSPS) is 11.8. The Bertz CT molecular complexity index is 912. The Kier molecular flexibility index (Phi) is 6.72. The van der Waals surface area contributed by atoms with Crippen LogP contribution < -0.4 is 4.74 Å². The van der Waals surface area contributed by atoms with Crippen LogP contribution in [0.4, 0.5) is 0 Å². The molecule has 0 bridgehead atoms. The number of aliphatic hydroxyl groups excluding tert-OH is 1. The van der Waals surface area contributed by atoms with Crippen LogP contribution in [0.1, 0.15) is 17.3 Å². The van der Waals surface area contributed by atoms with Gasteiger partial charge in [-0.2, -0.15) is 4.80 Å². The van der Waals surface area contributed by atoms with Gasteiger partial charge in [0.05, 0.1) is 18.7 Å². The van der Waals surface area contributed by atoms with E-state index >= 15 is 0 Å². The third kappa shape index (κ3) is 5.37. The van der Waals surface area contributed by atoms with Gasteiger partial charge in [0.2, 0.25) is 5.82 Å². The van der Waals surface area contributed by atoms with Crippen molar-refractivity contribution in [3.05, 3.63) is 58.6 Å². The quantitative estimate of drug-likeness (QED) is 0.530. The van der Waals surface area contributed by atoms with Crippen molar-refractivity contribution < 1.29 is 19.4 Å². The van der Waals surface area contributed by atoms with Crippen molar-refractivity contribution >= 4 is 21.9 Å². The van der Waals surface area contributed by atoms with E-state index in [1.165, 1.54) is 4.80 Å². The van der Waals surface area contributed by atoms with Crippen molar-refractivity contribution in [2.75, 3.05) is 13.2 Å². The first kappa shape index (κ1) is 20.0. The standard InChI is InChI=1S/C19H19BrN4O4/c1-2-27-19(26)14-5-9-17(10-6-14)28-12-16(25)11-24-22-18(21-23-24)13-3-7-15(20)8-4-13/h3-10,16,25H,2,11-12H2,1H3. The van der Waals surface area contributed by atoms with Crippen LogP contribution in [0.15, 0.2) is 53.0 Å². The average Bonchev–Trinajstić information content (AvgIpc) is 3.16. The van der Waals surface area contributed by atoms with Crippen LogP contribution in [0.2, 0.25) is 0 Å². The van der Waals surface area contributed by atoms with Crippen LogP contribution >= 0.6 is 15.9 Å². The molecule has 0 aliphatic heterocycles. The van der Waals surface area contributed by atoms with Crippen molar-refractivity contribution in [2.45, 2.75) is 19.6 Å². The van der Waals surface area contributed by atoms with Crippen LogP contribution in [0.3, 0.4) is 0 Å². The maximum atomic E-state index is 11.6. The first-order valence-corrected chi connectivity index (χ1v) is 9.46. The molecule has 3 rings (SSSR count). The summed E-state index contributed by atoms with van der Waals surface area (Å²) in [5, 5.41) is 22.4. The Morgan fingerprint density at radius 1 is 1.18 bits per heavy atom. The topological polar surface area (TPSA) is 99.4 Å². The number of tetrazole rings is 1. The van der Waals surface area contributed by atoms with Gasteiger partial charge in [-0.15, -0.1) is 10.2 Å². The minimum Gasteiger partial charge on any atom is -0.491 e. The van der Waals surface area contributed by atoms with Gasteiger partial charge in [0.25, 0.3) is 0 Å². The van der Waals surface area contributed by atoms with E-state index in [4.69, 9.17) is 9.47 Å². The fraction of sp³-hybridized carbons (Fsp3) is 0.263. The van der Waals surface area contributed by atoms with Gasteiger partial charge in [0.1, 0.15) is 18.5 Å². The monoisotopic (exact) mass is 446 g/mol. The van der Waals surface area contributed by atoms with Crippen LogP contribution in [0.5, 0.6) is 5.75 Å². The molecule has 0 saturated carbocycles. The van der Waals surface area contributed by atoms with Gasteiger partial charge in [-0.3, -0.25) is 0 Å². The molecule has 8 nitrogen and oxygen atoms in total. The predicted octanol–water partition coefficient (Wildman–Crippen LogP) is 2.72.